The highest BCUT2D eigenvalue weighted by Crippen LogP contribution is 2.18. The molecule has 0 aromatic heterocycles. The molecule has 6 nitrogen and oxygen atoms in total. The third-order valence-corrected chi connectivity index (χ3v) is 12.8. The summed E-state index contributed by atoms with van der Waals surface area (Å²) < 4.78 is 16.8. The van der Waals surface area contributed by atoms with Crippen molar-refractivity contribution in [3.8, 4) is 0 Å². The molecule has 0 radical (unpaired) electrons. The highest BCUT2D eigenvalue weighted by atomic mass is 16.6. The summed E-state index contributed by atoms with van der Waals surface area (Å²) in [4.78, 5) is 37.9. The normalized spacial score (nSPS) is 12.6. The second kappa shape index (κ2) is 46.4. The van der Waals surface area contributed by atoms with E-state index in [0.29, 0.717) is 19.3 Å². The first-order valence-corrected chi connectivity index (χ1v) is 27.1. The maximum absolute atomic E-state index is 12.7. The molecule has 0 aliphatic rings. The first kappa shape index (κ1) is 59.4. The molecule has 0 rings (SSSR count). The average Bonchev–Trinajstić information content (AvgIpc) is 3.23. The van der Waals surface area contributed by atoms with Crippen molar-refractivity contribution in [3.63, 3.8) is 0 Å². The van der Waals surface area contributed by atoms with Gasteiger partial charge in [-0.2, -0.15) is 0 Å². The van der Waals surface area contributed by atoms with E-state index in [-0.39, 0.29) is 31.1 Å². The molecule has 6 heteroatoms. The van der Waals surface area contributed by atoms with Gasteiger partial charge in [0.05, 0.1) is 0 Å². The SMILES string of the molecule is CCC(C)CCCCCCCCCCC(=O)OC[C@@H](COC(=O)CCCCCCCCCCCCCCCCCCCCC(C)C)OC(=O)CCCCCCCCCC(C)C. The molecule has 0 saturated carbocycles. The Hall–Kier alpha value is -1.59. The van der Waals surface area contributed by atoms with Crippen LogP contribution in [0.5, 0.6) is 0 Å². The lowest BCUT2D eigenvalue weighted by Crippen LogP contribution is -2.30. The zero-order chi connectivity index (χ0) is 44.9. The zero-order valence-electron chi connectivity index (χ0n) is 42.0. The molecule has 362 valence electrons. The van der Waals surface area contributed by atoms with Gasteiger partial charge >= 0.3 is 17.9 Å². The summed E-state index contributed by atoms with van der Waals surface area (Å²) in [6.07, 6.45) is 46.8. The summed E-state index contributed by atoms with van der Waals surface area (Å²) in [6, 6.07) is 0. The molecule has 0 bridgehead atoms. The van der Waals surface area contributed by atoms with Gasteiger partial charge in [0.25, 0.3) is 0 Å². The third-order valence-electron chi connectivity index (χ3n) is 12.8. The lowest BCUT2D eigenvalue weighted by molar-refractivity contribution is -0.167. The van der Waals surface area contributed by atoms with Crippen molar-refractivity contribution in [3.05, 3.63) is 0 Å². The van der Waals surface area contributed by atoms with Crippen molar-refractivity contribution in [1.82, 2.24) is 0 Å². The summed E-state index contributed by atoms with van der Waals surface area (Å²) in [5.41, 5.74) is 0. The van der Waals surface area contributed by atoms with Gasteiger partial charge in [-0.3, -0.25) is 14.4 Å². The number of carbonyl (C=O) groups is 3. The molecule has 0 spiro atoms. The highest BCUT2D eigenvalue weighted by molar-refractivity contribution is 5.71. The van der Waals surface area contributed by atoms with E-state index in [1.54, 1.807) is 0 Å². The quantitative estimate of drug-likeness (QED) is 0.0344. The Morgan fingerprint density at radius 1 is 0.328 bits per heavy atom. The van der Waals surface area contributed by atoms with Gasteiger partial charge in [0, 0.05) is 19.3 Å². The van der Waals surface area contributed by atoms with E-state index in [0.717, 1.165) is 75.5 Å². The number of hydrogen-bond donors (Lipinski definition) is 0. The van der Waals surface area contributed by atoms with Crippen LogP contribution < -0.4 is 0 Å². The van der Waals surface area contributed by atoms with Crippen LogP contribution in [-0.4, -0.2) is 37.2 Å². The van der Waals surface area contributed by atoms with Crippen LogP contribution in [0.15, 0.2) is 0 Å². The van der Waals surface area contributed by atoms with Gasteiger partial charge in [-0.05, 0) is 37.0 Å². The van der Waals surface area contributed by atoms with Crippen molar-refractivity contribution in [1.29, 1.82) is 0 Å². The Kier molecular flexibility index (Phi) is 45.2. The van der Waals surface area contributed by atoms with Gasteiger partial charge in [-0.15, -0.1) is 0 Å². The van der Waals surface area contributed by atoms with Crippen molar-refractivity contribution >= 4 is 17.9 Å². The van der Waals surface area contributed by atoms with E-state index in [9.17, 15) is 14.4 Å². The van der Waals surface area contributed by atoms with E-state index < -0.39 is 6.10 Å². The molecule has 0 aliphatic carbocycles. The first-order chi connectivity index (χ1) is 29.6. The summed E-state index contributed by atoms with van der Waals surface area (Å²) >= 11 is 0. The molecule has 0 aliphatic heterocycles. The Bertz CT molecular complexity index is 947. The molecule has 0 heterocycles. The van der Waals surface area contributed by atoms with E-state index in [1.165, 1.54) is 180 Å². The molecule has 0 saturated heterocycles. The van der Waals surface area contributed by atoms with Gasteiger partial charge in [-0.1, -0.05) is 260 Å². The average molecular weight is 863 g/mol. The summed E-state index contributed by atoms with van der Waals surface area (Å²) in [6.45, 7) is 13.7. The fraction of sp³-hybridized carbons (Fsp3) is 0.945. The minimum absolute atomic E-state index is 0.0652. The lowest BCUT2D eigenvalue weighted by Gasteiger charge is -2.18. The van der Waals surface area contributed by atoms with Gasteiger partial charge in [-0.25, -0.2) is 0 Å². The molecule has 0 aromatic rings. The Labute approximate surface area is 380 Å². The second-order valence-electron chi connectivity index (χ2n) is 20.1. The van der Waals surface area contributed by atoms with E-state index in [2.05, 4.69) is 41.5 Å². The van der Waals surface area contributed by atoms with Crippen molar-refractivity contribution < 1.29 is 28.6 Å². The second-order valence-corrected chi connectivity index (χ2v) is 20.1. The van der Waals surface area contributed by atoms with E-state index in [4.69, 9.17) is 14.2 Å². The number of carbonyl (C=O) groups excluding carboxylic acids is 3. The van der Waals surface area contributed by atoms with Gasteiger partial charge in [0.2, 0.25) is 0 Å². The van der Waals surface area contributed by atoms with Gasteiger partial charge in [0.15, 0.2) is 6.10 Å². The van der Waals surface area contributed by atoms with Crippen molar-refractivity contribution in [2.45, 2.75) is 304 Å². The molecular weight excluding hydrogens is 757 g/mol. The molecule has 61 heavy (non-hydrogen) atoms. The summed E-state index contributed by atoms with van der Waals surface area (Å²) in [5.74, 6) is 1.63. The van der Waals surface area contributed by atoms with Gasteiger partial charge < -0.3 is 14.2 Å². The van der Waals surface area contributed by atoms with Crippen molar-refractivity contribution in [2.75, 3.05) is 13.2 Å². The minimum Gasteiger partial charge on any atom is -0.462 e. The Morgan fingerprint density at radius 3 is 0.852 bits per heavy atom. The zero-order valence-corrected chi connectivity index (χ0v) is 42.0. The number of ether oxygens (including phenoxy) is 3. The molecule has 0 fully saturated rings. The molecule has 0 aromatic carbocycles. The maximum atomic E-state index is 12.7. The molecule has 0 amide bonds. The minimum atomic E-state index is -0.763. The monoisotopic (exact) mass is 863 g/mol. The van der Waals surface area contributed by atoms with Crippen LogP contribution in [0.3, 0.4) is 0 Å². The van der Waals surface area contributed by atoms with Gasteiger partial charge in [0.1, 0.15) is 13.2 Å². The number of hydrogen-bond acceptors (Lipinski definition) is 6. The maximum Gasteiger partial charge on any atom is 0.306 e. The smallest absolute Gasteiger partial charge is 0.306 e. The van der Waals surface area contributed by atoms with Crippen LogP contribution in [0.4, 0.5) is 0 Å². The van der Waals surface area contributed by atoms with Crippen LogP contribution in [0.2, 0.25) is 0 Å². The lowest BCUT2D eigenvalue weighted by atomic mass is 9.99. The van der Waals surface area contributed by atoms with Crippen LogP contribution in [0, 0.1) is 17.8 Å². The predicted molar refractivity (Wildman–Crippen MR) is 261 cm³/mol. The molecule has 2 atom stereocenters. The van der Waals surface area contributed by atoms with Crippen LogP contribution in [0.1, 0.15) is 298 Å². The van der Waals surface area contributed by atoms with E-state index in [1.807, 2.05) is 0 Å². The van der Waals surface area contributed by atoms with Crippen molar-refractivity contribution in [2.24, 2.45) is 17.8 Å². The van der Waals surface area contributed by atoms with E-state index >= 15 is 0 Å². The summed E-state index contributed by atoms with van der Waals surface area (Å²) in [7, 11) is 0. The first-order valence-electron chi connectivity index (χ1n) is 27.1. The van der Waals surface area contributed by atoms with Crippen LogP contribution in [-0.2, 0) is 28.6 Å². The fourth-order valence-electron chi connectivity index (χ4n) is 8.26. The molecule has 1 unspecified atom stereocenters. The summed E-state index contributed by atoms with van der Waals surface area (Å²) in [5, 5.41) is 0. The standard InChI is InChI=1S/C55H106O6/c1-7-51(6)43-37-31-25-20-21-27-33-39-45-54(57)60-48-52(61-55(58)46-40-34-28-22-24-30-36-42-50(4)5)47-59-53(56)44-38-32-26-19-17-15-13-11-9-8-10-12-14-16-18-23-29-35-41-49(2)3/h49-52H,7-48H2,1-6H3/t51?,52-/m1/s1. The Balaban J connectivity index is 4.19. The Morgan fingerprint density at radius 2 is 0.574 bits per heavy atom. The topological polar surface area (TPSA) is 78.9 Å². The third kappa shape index (κ3) is 47.7. The number of unbranched alkanes of at least 4 members (excludes halogenated alkanes) is 30. The number of rotatable bonds is 48. The highest BCUT2D eigenvalue weighted by Gasteiger charge is 2.19. The number of esters is 3. The van der Waals surface area contributed by atoms with Crippen LogP contribution in [0.25, 0.3) is 0 Å². The fourth-order valence-corrected chi connectivity index (χ4v) is 8.26. The molecular formula is C55H106O6. The molecule has 0 N–H and O–H groups in total. The predicted octanol–water partition coefficient (Wildman–Crippen LogP) is 17.6. The van der Waals surface area contributed by atoms with Crippen LogP contribution >= 0.6 is 0 Å². The largest absolute Gasteiger partial charge is 0.462 e.